The molecule has 6 N–H and O–H groups in total. The molecule has 1 unspecified atom stereocenters. The summed E-state index contributed by atoms with van der Waals surface area (Å²) in [5.74, 6) is 0.321. The maximum atomic E-state index is 10.8. The number of nitrogens with one attached hydrogen (secondary N) is 2. The molecule has 1 saturated carbocycles. The third-order valence-electron chi connectivity index (χ3n) is 6.45. The van der Waals surface area contributed by atoms with Gasteiger partial charge in [0.1, 0.15) is 22.4 Å². The van der Waals surface area contributed by atoms with E-state index in [1.165, 1.54) is 11.3 Å². The van der Waals surface area contributed by atoms with Gasteiger partial charge in [-0.05, 0) is 40.2 Å². The van der Waals surface area contributed by atoms with E-state index in [2.05, 4.69) is 25.6 Å². The van der Waals surface area contributed by atoms with Gasteiger partial charge in [-0.1, -0.05) is 0 Å². The van der Waals surface area contributed by atoms with Crippen LogP contribution in [0.2, 0.25) is 0 Å². The molecule has 3 aromatic heterocycles. The van der Waals surface area contributed by atoms with Gasteiger partial charge in [0.05, 0.1) is 52.0 Å². The first-order valence-corrected chi connectivity index (χ1v) is 12.8. The van der Waals surface area contributed by atoms with Crippen LogP contribution in [0.1, 0.15) is 31.7 Å². The first kappa shape index (κ1) is 25.9. The van der Waals surface area contributed by atoms with E-state index >= 15 is 0 Å². The number of aliphatic hydroxyl groups excluding tert-OH is 3. The molecule has 35 heavy (non-hydrogen) atoms. The van der Waals surface area contributed by atoms with Gasteiger partial charge in [0.15, 0.2) is 0 Å². The lowest BCUT2D eigenvalue weighted by molar-refractivity contribution is -0.0601. The number of aryl methyl sites for hydroxylation is 2. The third kappa shape index (κ3) is 5.20. The van der Waals surface area contributed by atoms with E-state index in [-0.39, 0.29) is 18.4 Å². The van der Waals surface area contributed by atoms with Crippen LogP contribution in [0.5, 0.6) is 0 Å². The second-order valence-electron chi connectivity index (χ2n) is 9.52. The molecule has 1 fully saturated rings. The summed E-state index contributed by atoms with van der Waals surface area (Å²) >= 11 is 7.40. The molecule has 0 aliphatic heterocycles. The standard InChI is InChI=1S/C23H31ClN6O4S/c1-10-16(21-29-17-11(2)25-6-5-15(17)35-21)20(30-22(26-10)27-12(8-24)9-31)28-14-7-13(23(3,4)34)18(32)19(14)33/h5-6,12-14,18-19,31-34H,7-9H2,1-4H3,(H2,26,27,28,30)/t12?,13-,14+,18+,19-/m0/s1. The molecule has 3 heterocycles. The van der Waals surface area contributed by atoms with Crippen LogP contribution in [0.3, 0.4) is 0 Å². The fourth-order valence-corrected chi connectivity index (χ4v) is 5.74. The average molecular weight is 523 g/mol. The summed E-state index contributed by atoms with van der Waals surface area (Å²) in [7, 11) is 0. The largest absolute Gasteiger partial charge is 0.394 e. The third-order valence-corrected chi connectivity index (χ3v) is 7.86. The molecule has 0 amide bonds. The summed E-state index contributed by atoms with van der Waals surface area (Å²) in [6.45, 7) is 6.78. The molecule has 0 spiro atoms. The number of thiazole rings is 1. The number of anilines is 2. The maximum absolute atomic E-state index is 10.8. The first-order chi connectivity index (χ1) is 16.5. The number of hydrogen-bond donors (Lipinski definition) is 6. The number of rotatable bonds is 8. The molecule has 4 rings (SSSR count). The van der Waals surface area contributed by atoms with Crippen LogP contribution >= 0.6 is 22.9 Å². The summed E-state index contributed by atoms with van der Waals surface area (Å²) in [6.07, 6.45) is -0.131. The van der Waals surface area contributed by atoms with Crippen LogP contribution in [0.4, 0.5) is 11.8 Å². The number of alkyl halides is 1. The molecular formula is C23H31ClN6O4S. The summed E-state index contributed by atoms with van der Waals surface area (Å²) in [5, 5.41) is 48.4. The van der Waals surface area contributed by atoms with Crippen LogP contribution < -0.4 is 10.6 Å². The van der Waals surface area contributed by atoms with Crippen LogP contribution in [-0.4, -0.2) is 82.7 Å². The summed E-state index contributed by atoms with van der Waals surface area (Å²) in [4.78, 5) is 18.3. The van der Waals surface area contributed by atoms with Crippen LogP contribution in [-0.2, 0) is 0 Å². The Morgan fingerprint density at radius 3 is 2.51 bits per heavy atom. The number of hydrogen-bond acceptors (Lipinski definition) is 11. The summed E-state index contributed by atoms with van der Waals surface area (Å²) < 4.78 is 0.973. The highest BCUT2D eigenvalue weighted by atomic mass is 35.5. The van der Waals surface area contributed by atoms with Gasteiger partial charge in [0.2, 0.25) is 5.95 Å². The fraction of sp³-hybridized carbons (Fsp3) is 0.565. The lowest BCUT2D eigenvalue weighted by atomic mass is 9.88. The SMILES string of the molecule is Cc1nc(NC(CO)CCl)nc(N[C@@H]2C[C@H](C(C)(C)O)[C@@H](O)[C@H]2O)c1-c1nc2c(C)nccc2s1. The second-order valence-corrected chi connectivity index (χ2v) is 10.9. The van der Waals surface area contributed by atoms with Crippen molar-refractivity contribution in [2.75, 3.05) is 23.1 Å². The predicted molar refractivity (Wildman–Crippen MR) is 137 cm³/mol. The number of pyridine rings is 1. The fourth-order valence-electron chi connectivity index (χ4n) is 4.46. The molecule has 0 aromatic carbocycles. The van der Waals surface area contributed by atoms with Crippen molar-refractivity contribution in [1.29, 1.82) is 0 Å². The average Bonchev–Trinajstić information content (AvgIpc) is 3.34. The van der Waals surface area contributed by atoms with E-state index in [0.717, 1.165) is 15.9 Å². The number of halogens is 1. The van der Waals surface area contributed by atoms with E-state index < -0.39 is 35.8 Å². The topological polar surface area (TPSA) is 157 Å². The molecule has 12 heteroatoms. The Hall–Kier alpha value is -2.15. The minimum Gasteiger partial charge on any atom is -0.394 e. The Morgan fingerprint density at radius 1 is 1.17 bits per heavy atom. The monoisotopic (exact) mass is 522 g/mol. The zero-order valence-corrected chi connectivity index (χ0v) is 21.6. The normalized spacial score (nSPS) is 23.6. The Morgan fingerprint density at radius 2 is 1.91 bits per heavy atom. The van der Waals surface area contributed by atoms with Crippen LogP contribution in [0, 0.1) is 19.8 Å². The highest BCUT2D eigenvalue weighted by Gasteiger charge is 2.48. The lowest BCUT2D eigenvalue weighted by Gasteiger charge is -2.28. The summed E-state index contributed by atoms with van der Waals surface area (Å²) in [5.41, 5.74) is 1.73. The molecule has 5 atom stereocenters. The molecule has 1 aliphatic rings. The van der Waals surface area contributed by atoms with Crippen LogP contribution in [0.15, 0.2) is 12.3 Å². The quantitative estimate of drug-likeness (QED) is 0.242. The van der Waals surface area contributed by atoms with E-state index in [1.54, 1.807) is 20.0 Å². The Bertz CT molecular complexity index is 1200. The Kier molecular flexibility index (Phi) is 7.46. The van der Waals surface area contributed by atoms with Crippen molar-refractivity contribution in [1.82, 2.24) is 19.9 Å². The zero-order chi connectivity index (χ0) is 25.5. The summed E-state index contributed by atoms with van der Waals surface area (Å²) in [6, 6.07) is 0.895. The Labute approximate surface area is 212 Å². The minimum absolute atomic E-state index is 0.161. The number of aliphatic hydroxyl groups is 4. The van der Waals surface area contributed by atoms with Gasteiger partial charge in [-0.15, -0.1) is 22.9 Å². The van der Waals surface area contributed by atoms with Gasteiger partial charge in [0, 0.05) is 18.0 Å². The number of aromatic nitrogens is 4. The molecule has 0 saturated heterocycles. The minimum atomic E-state index is -1.17. The van der Waals surface area contributed by atoms with E-state index in [9.17, 15) is 20.4 Å². The van der Waals surface area contributed by atoms with Gasteiger partial charge < -0.3 is 31.1 Å². The van der Waals surface area contributed by atoms with Crippen molar-refractivity contribution >= 4 is 44.9 Å². The van der Waals surface area contributed by atoms with Crippen molar-refractivity contribution in [3.63, 3.8) is 0 Å². The van der Waals surface area contributed by atoms with Gasteiger partial charge in [0.25, 0.3) is 0 Å². The molecule has 190 valence electrons. The molecule has 1 aliphatic carbocycles. The van der Waals surface area contributed by atoms with Gasteiger partial charge in [-0.25, -0.2) is 9.97 Å². The second kappa shape index (κ2) is 10.1. The highest BCUT2D eigenvalue weighted by Crippen LogP contribution is 2.40. The first-order valence-electron chi connectivity index (χ1n) is 11.4. The molecular weight excluding hydrogens is 492 g/mol. The highest BCUT2D eigenvalue weighted by molar-refractivity contribution is 7.21. The smallest absolute Gasteiger partial charge is 0.225 e. The van der Waals surface area contributed by atoms with E-state index in [4.69, 9.17) is 16.6 Å². The van der Waals surface area contributed by atoms with Crippen LogP contribution in [0.25, 0.3) is 20.8 Å². The molecule has 0 radical (unpaired) electrons. The van der Waals surface area contributed by atoms with Gasteiger partial charge in [-0.2, -0.15) is 4.98 Å². The molecule has 0 bridgehead atoms. The van der Waals surface area contributed by atoms with Crippen molar-refractivity contribution < 1.29 is 20.4 Å². The van der Waals surface area contributed by atoms with E-state index in [1.807, 2.05) is 19.9 Å². The maximum Gasteiger partial charge on any atom is 0.225 e. The van der Waals surface area contributed by atoms with Crippen molar-refractivity contribution in [3.8, 4) is 10.6 Å². The Balaban J connectivity index is 1.78. The van der Waals surface area contributed by atoms with E-state index in [0.29, 0.717) is 28.5 Å². The molecule has 10 nitrogen and oxygen atoms in total. The van der Waals surface area contributed by atoms with Crippen molar-refractivity contribution in [2.24, 2.45) is 5.92 Å². The predicted octanol–water partition coefficient (Wildman–Crippen LogP) is 2.07. The number of nitrogens with zero attached hydrogens (tertiary/aromatic N) is 4. The van der Waals surface area contributed by atoms with Gasteiger partial charge >= 0.3 is 0 Å². The lowest BCUT2D eigenvalue weighted by Crippen LogP contribution is -2.40. The van der Waals surface area contributed by atoms with Crippen molar-refractivity contribution in [3.05, 3.63) is 23.7 Å². The van der Waals surface area contributed by atoms with Crippen molar-refractivity contribution in [2.45, 2.75) is 64.0 Å². The van der Waals surface area contributed by atoms with Gasteiger partial charge in [-0.3, -0.25) is 4.98 Å². The molecule has 3 aromatic rings. The number of fused-ring (bicyclic) bond motifs is 1. The zero-order valence-electron chi connectivity index (χ0n) is 20.0.